The number of amides is 2. The van der Waals surface area contributed by atoms with E-state index >= 15 is 0 Å². The van der Waals surface area contributed by atoms with Crippen LogP contribution in [-0.4, -0.2) is 23.9 Å². The van der Waals surface area contributed by atoms with Gasteiger partial charge in [-0.25, -0.2) is 9.91 Å². The van der Waals surface area contributed by atoms with Gasteiger partial charge < -0.3 is 0 Å². The zero-order valence-electron chi connectivity index (χ0n) is 13.7. The number of aryl methyl sites for hydroxylation is 2. The molecule has 2 amide bonds. The Hall–Kier alpha value is -2.73. The number of rotatable bonds is 2. The van der Waals surface area contributed by atoms with Crippen LogP contribution in [0.4, 0.5) is 11.4 Å². The summed E-state index contributed by atoms with van der Waals surface area (Å²) < 4.78 is 0. The Morgan fingerprint density at radius 3 is 2.20 bits per heavy atom. The van der Waals surface area contributed by atoms with Crippen LogP contribution in [0, 0.1) is 13.8 Å². The summed E-state index contributed by atoms with van der Waals surface area (Å²) in [7, 11) is 0. The Labute approximate surface area is 149 Å². The molecule has 0 bridgehead atoms. The van der Waals surface area contributed by atoms with E-state index in [1.165, 1.54) is 9.91 Å². The van der Waals surface area contributed by atoms with Gasteiger partial charge in [-0.2, -0.15) is 5.11 Å². The minimum absolute atomic E-state index is 0.319. The molecule has 7 heteroatoms. The molecule has 2 aromatic rings. The summed E-state index contributed by atoms with van der Waals surface area (Å²) in [5.74, 6) is -0.667. The Morgan fingerprint density at radius 2 is 1.56 bits per heavy atom. The largest absolute Gasteiger partial charge is 0.271 e. The number of halogens is 1. The molecule has 25 heavy (non-hydrogen) atoms. The SMILES string of the molecule is Cc1cc(C)cc(N2C(=O)[C@H]3N=NN(c4ccc(Cl)cc4)[C@H]3C2=O)c1. The zero-order valence-corrected chi connectivity index (χ0v) is 14.4. The summed E-state index contributed by atoms with van der Waals surface area (Å²) >= 11 is 5.91. The zero-order chi connectivity index (χ0) is 17.7. The molecule has 0 saturated carbocycles. The molecule has 2 aliphatic rings. The van der Waals surface area contributed by atoms with Gasteiger partial charge in [0, 0.05) is 5.02 Å². The van der Waals surface area contributed by atoms with Crippen LogP contribution in [-0.2, 0) is 9.59 Å². The Bertz CT molecular complexity index is 890. The molecule has 2 heterocycles. The van der Waals surface area contributed by atoms with Crippen LogP contribution in [0.5, 0.6) is 0 Å². The molecule has 1 fully saturated rings. The Balaban J connectivity index is 1.71. The molecule has 6 nitrogen and oxygen atoms in total. The summed E-state index contributed by atoms with van der Waals surface area (Å²) in [5.41, 5.74) is 3.23. The molecule has 2 atom stereocenters. The van der Waals surface area contributed by atoms with E-state index in [2.05, 4.69) is 10.3 Å². The number of hydrogen-bond acceptors (Lipinski definition) is 5. The minimum Gasteiger partial charge on any atom is -0.271 e. The summed E-state index contributed by atoms with van der Waals surface area (Å²) in [4.78, 5) is 27.0. The first-order chi connectivity index (χ1) is 12.0. The number of anilines is 2. The average Bonchev–Trinajstić information content (AvgIpc) is 3.08. The lowest BCUT2D eigenvalue weighted by molar-refractivity contribution is -0.121. The monoisotopic (exact) mass is 354 g/mol. The van der Waals surface area contributed by atoms with Crippen molar-refractivity contribution in [2.75, 3.05) is 9.91 Å². The summed E-state index contributed by atoms with van der Waals surface area (Å²) in [6.45, 7) is 3.87. The van der Waals surface area contributed by atoms with Crippen LogP contribution in [0.15, 0.2) is 52.8 Å². The van der Waals surface area contributed by atoms with E-state index in [9.17, 15) is 9.59 Å². The molecule has 0 radical (unpaired) electrons. The van der Waals surface area contributed by atoms with Crippen molar-refractivity contribution in [3.05, 3.63) is 58.6 Å². The number of hydrogen-bond donors (Lipinski definition) is 0. The van der Waals surface area contributed by atoms with E-state index in [4.69, 9.17) is 11.6 Å². The minimum atomic E-state index is -0.816. The average molecular weight is 355 g/mol. The van der Waals surface area contributed by atoms with Crippen LogP contribution < -0.4 is 9.91 Å². The van der Waals surface area contributed by atoms with Crippen LogP contribution in [0.3, 0.4) is 0 Å². The summed E-state index contributed by atoms with van der Waals surface area (Å²) in [6.07, 6.45) is 0. The number of carbonyl (C=O) groups is 2. The molecule has 0 aromatic heterocycles. The van der Waals surface area contributed by atoms with Crippen molar-refractivity contribution in [1.82, 2.24) is 0 Å². The van der Waals surface area contributed by atoms with Gasteiger partial charge in [0.15, 0.2) is 12.1 Å². The number of fused-ring (bicyclic) bond motifs is 1. The molecule has 2 aliphatic heterocycles. The molecule has 0 N–H and O–H groups in total. The Morgan fingerprint density at radius 1 is 0.920 bits per heavy atom. The third-order valence-electron chi connectivity index (χ3n) is 4.34. The van der Waals surface area contributed by atoms with Crippen molar-refractivity contribution in [1.29, 1.82) is 0 Å². The van der Waals surface area contributed by atoms with Gasteiger partial charge in [0.2, 0.25) is 0 Å². The topological polar surface area (TPSA) is 65.3 Å². The lowest BCUT2D eigenvalue weighted by Gasteiger charge is -2.21. The highest BCUT2D eigenvalue weighted by Gasteiger charge is 2.55. The molecular weight excluding hydrogens is 340 g/mol. The number of carbonyl (C=O) groups excluding carboxylic acids is 2. The van der Waals surface area contributed by atoms with Crippen molar-refractivity contribution < 1.29 is 9.59 Å². The Kier molecular flexibility index (Phi) is 3.58. The summed E-state index contributed by atoms with van der Waals surface area (Å²) in [6, 6.07) is 11.0. The standard InChI is InChI=1S/C18H15ClN4O2/c1-10-7-11(2)9-14(8-10)22-17(24)15-16(18(22)25)23(21-20-15)13-5-3-12(19)4-6-13/h3-9,15-16H,1-2H3/t15-,16+/m0/s1. The van der Waals surface area contributed by atoms with Crippen LogP contribution in [0.1, 0.15) is 11.1 Å². The van der Waals surface area contributed by atoms with Crippen molar-refractivity contribution >= 4 is 34.8 Å². The molecule has 126 valence electrons. The van der Waals surface area contributed by atoms with Crippen molar-refractivity contribution in [2.24, 2.45) is 10.3 Å². The third kappa shape index (κ3) is 2.49. The van der Waals surface area contributed by atoms with Crippen molar-refractivity contribution in [3.63, 3.8) is 0 Å². The second-order valence-electron chi connectivity index (χ2n) is 6.27. The maximum Gasteiger partial charge on any atom is 0.263 e. The first-order valence-corrected chi connectivity index (χ1v) is 8.25. The molecule has 0 spiro atoms. The van der Waals surface area contributed by atoms with E-state index in [0.29, 0.717) is 16.4 Å². The van der Waals surface area contributed by atoms with E-state index in [0.717, 1.165) is 11.1 Å². The van der Waals surface area contributed by atoms with Gasteiger partial charge in [-0.1, -0.05) is 22.9 Å². The number of benzene rings is 2. The van der Waals surface area contributed by atoms with E-state index in [1.807, 2.05) is 32.0 Å². The number of nitrogens with zero attached hydrogens (tertiary/aromatic N) is 4. The third-order valence-corrected chi connectivity index (χ3v) is 4.59. The highest BCUT2D eigenvalue weighted by Crippen LogP contribution is 2.35. The highest BCUT2D eigenvalue weighted by molar-refractivity contribution is 6.30. The highest BCUT2D eigenvalue weighted by atomic mass is 35.5. The van der Waals surface area contributed by atoms with Gasteiger partial charge in [0.05, 0.1) is 11.4 Å². The predicted molar refractivity (Wildman–Crippen MR) is 94.8 cm³/mol. The maximum atomic E-state index is 13.0. The molecule has 2 aromatic carbocycles. The first-order valence-electron chi connectivity index (χ1n) is 7.87. The smallest absolute Gasteiger partial charge is 0.263 e. The lowest BCUT2D eigenvalue weighted by atomic mass is 10.1. The van der Waals surface area contributed by atoms with Gasteiger partial charge in [-0.3, -0.25) is 9.59 Å². The van der Waals surface area contributed by atoms with Gasteiger partial charge in [-0.15, -0.1) is 0 Å². The van der Waals surface area contributed by atoms with Gasteiger partial charge in [0.1, 0.15) is 0 Å². The van der Waals surface area contributed by atoms with Crippen molar-refractivity contribution in [3.8, 4) is 0 Å². The maximum absolute atomic E-state index is 13.0. The van der Waals surface area contributed by atoms with Crippen LogP contribution in [0.25, 0.3) is 0 Å². The van der Waals surface area contributed by atoms with E-state index in [1.54, 1.807) is 24.3 Å². The van der Waals surface area contributed by atoms with Gasteiger partial charge in [-0.05, 0) is 61.4 Å². The summed E-state index contributed by atoms with van der Waals surface area (Å²) in [5, 5.41) is 10.1. The fourth-order valence-corrected chi connectivity index (χ4v) is 3.43. The predicted octanol–water partition coefficient (Wildman–Crippen LogP) is 3.45. The van der Waals surface area contributed by atoms with E-state index < -0.39 is 12.1 Å². The second kappa shape index (κ2) is 5.67. The molecule has 4 rings (SSSR count). The lowest BCUT2D eigenvalue weighted by Crippen LogP contribution is -2.39. The second-order valence-corrected chi connectivity index (χ2v) is 6.71. The molecule has 1 saturated heterocycles. The normalized spacial score (nSPS) is 22.0. The molecule has 0 aliphatic carbocycles. The fraction of sp³-hybridized carbons (Fsp3) is 0.222. The first kappa shape index (κ1) is 15.8. The van der Waals surface area contributed by atoms with Gasteiger partial charge >= 0.3 is 0 Å². The van der Waals surface area contributed by atoms with Crippen LogP contribution >= 0.6 is 11.6 Å². The van der Waals surface area contributed by atoms with Crippen molar-refractivity contribution in [2.45, 2.75) is 25.9 Å². The molecule has 0 unspecified atom stereocenters. The number of imide groups is 1. The van der Waals surface area contributed by atoms with Gasteiger partial charge in [0.25, 0.3) is 11.8 Å². The van der Waals surface area contributed by atoms with E-state index in [-0.39, 0.29) is 11.8 Å². The quantitative estimate of drug-likeness (QED) is 0.776. The molecular formula is C18H15ClN4O2. The van der Waals surface area contributed by atoms with Crippen LogP contribution in [0.2, 0.25) is 5.02 Å². The fourth-order valence-electron chi connectivity index (χ4n) is 3.30.